The van der Waals surface area contributed by atoms with Crippen LogP contribution in [0.25, 0.3) is 0 Å². The molecule has 1 fully saturated rings. The lowest BCUT2D eigenvalue weighted by molar-refractivity contribution is -0.154. The minimum atomic E-state index is -0.694. The first kappa shape index (κ1) is 23.7. The quantitative estimate of drug-likeness (QED) is 0.292. The van der Waals surface area contributed by atoms with Gasteiger partial charge in [0, 0.05) is 15.6 Å². The van der Waals surface area contributed by atoms with Crippen LogP contribution in [0.5, 0.6) is 0 Å². The van der Waals surface area contributed by atoms with Gasteiger partial charge in [0.1, 0.15) is 6.54 Å². The highest BCUT2D eigenvalue weighted by Gasteiger charge is 2.53. The van der Waals surface area contributed by atoms with Crippen LogP contribution < -0.4 is 0 Å². The fraction of sp³-hybridized carbons (Fsp3) is 0.250. The number of rotatable bonds is 5. The predicted octanol–water partition coefficient (Wildman–Crippen LogP) is 5.19. The number of carbonyl (C=O) groups excluding carboxylic acids is 4. The van der Waals surface area contributed by atoms with E-state index in [1.807, 2.05) is 19.1 Å². The Morgan fingerprint density at radius 3 is 2.33 bits per heavy atom. The number of hydrogen-bond donors (Lipinski definition) is 0. The van der Waals surface area contributed by atoms with Gasteiger partial charge in [-0.15, -0.1) is 0 Å². The van der Waals surface area contributed by atoms with E-state index in [4.69, 9.17) is 23.2 Å². The summed E-state index contributed by atoms with van der Waals surface area (Å²) in [6.45, 7) is 1.37. The summed E-state index contributed by atoms with van der Waals surface area (Å²) < 4.78 is 0.790. The zero-order valence-corrected chi connectivity index (χ0v) is 20.6. The molecule has 33 heavy (non-hydrogen) atoms. The van der Waals surface area contributed by atoms with Gasteiger partial charge in [-0.05, 0) is 42.7 Å². The number of Topliss-reactive ketones (excluding diaryl/α,β-unsaturated/α-hetero) is 1. The van der Waals surface area contributed by atoms with Crippen molar-refractivity contribution in [2.45, 2.75) is 13.3 Å². The molecule has 0 bridgehead atoms. The Balaban J connectivity index is 1.72. The van der Waals surface area contributed by atoms with Crippen molar-refractivity contribution in [1.82, 2.24) is 10.0 Å². The highest BCUT2D eigenvalue weighted by Crippen LogP contribution is 2.39. The molecule has 1 heterocycles. The number of imide groups is 1. The second-order valence-electron chi connectivity index (χ2n) is 8.07. The highest BCUT2D eigenvalue weighted by atomic mass is 79.9. The van der Waals surface area contributed by atoms with Crippen molar-refractivity contribution in [2.24, 2.45) is 17.8 Å². The SMILES string of the molecule is C[C@@H]1C=CC[C@@H]2C(=O)N(N(CC(=O)c3ccc(Br)cc3)C(=O)c3ccc(Cl)c(Cl)c3)C(=O)[C@H]12. The van der Waals surface area contributed by atoms with E-state index in [2.05, 4.69) is 15.9 Å². The van der Waals surface area contributed by atoms with E-state index in [9.17, 15) is 19.2 Å². The smallest absolute Gasteiger partial charge is 0.273 e. The summed E-state index contributed by atoms with van der Waals surface area (Å²) in [5, 5.41) is 2.18. The number of allylic oxidation sites excluding steroid dienone is 2. The van der Waals surface area contributed by atoms with Crippen LogP contribution in [0, 0.1) is 17.8 Å². The first-order chi connectivity index (χ1) is 15.7. The lowest BCUT2D eigenvalue weighted by Crippen LogP contribution is -2.52. The van der Waals surface area contributed by atoms with Gasteiger partial charge in [0.25, 0.3) is 17.7 Å². The minimum absolute atomic E-state index is 0.106. The molecule has 0 saturated carbocycles. The molecule has 170 valence electrons. The largest absolute Gasteiger partial charge is 0.292 e. The van der Waals surface area contributed by atoms with E-state index < -0.39 is 41.9 Å². The number of fused-ring (bicyclic) bond motifs is 1. The average Bonchev–Trinajstić information content (AvgIpc) is 3.05. The van der Waals surface area contributed by atoms with Gasteiger partial charge in [-0.2, -0.15) is 5.01 Å². The number of ketones is 1. The molecule has 6 nitrogen and oxygen atoms in total. The topological polar surface area (TPSA) is 74.8 Å². The first-order valence-corrected chi connectivity index (χ1v) is 11.8. The van der Waals surface area contributed by atoms with Crippen LogP contribution in [0.15, 0.2) is 59.1 Å². The molecular formula is C24H19BrCl2N2O4. The molecule has 2 aromatic carbocycles. The maximum Gasteiger partial charge on any atom is 0.273 e. The van der Waals surface area contributed by atoms with Gasteiger partial charge in [-0.3, -0.25) is 19.2 Å². The Bertz CT molecular complexity index is 1180. The molecule has 1 aliphatic heterocycles. The predicted molar refractivity (Wildman–Crippen MR) is 128 cm³/mol. The third-order valence-corrected chi connectivity index (χ3v) is 7.22. The van der Waals surface area contributed by atoms with Crippen molar-refractivity contribution in [2.75, 3.05) is 6.54 Å². The van der Waals surface area contributed by atoms with Crippen molar-refractivity contribution in [1.29, 1.82) is 0 Å². The molecule has 4 rings (SSSR count). The van der Waals surface area contributed by atoms with Crippen LogP contribution in [0.2, 0.25) is 10.0 Å². The van der Waals surface area contributed by atoms with Gasteiger partial charge in [0.15, 0.2) is 5.78 Å². The molecule has 1 aliphatic carbocycles. The molecule has 0 radical (unpaired) electrons. The van der Waals surface area contributed by atoms with Crippen LogP contribution in [0.4, 0.5) is 0 Å². The average molecular weight is 550 g/mol. The van der Waals surface area contributed by atoms with E-state index in [1.165, 1.54) is 18.2 Å². The van der Waals surface area contributed by atoms with Crippen molar-refractivity contribution in [3.05, 3.63) is 80.3 Å². The Kier molecular flexibility index (Phi) is 6.75. The standard InChI is InChI=1S/C24H19BrCl2N2O4/c1-13-3-2-4-17-21(13)24(33)29(23(17)32)28(12-20(30)14-5-8-16(25)9-6-14)22(31)15-7-10-18(26)19(27)11-15/h2-3,5-11,13,17,21H,4,12H2,1H3/t13-,17+,21-/m1/s1. The third kappa shape index (κ3) is 4.50. The van der Waals surface area contributed by atoms with E-state index in [0.717, 1.165) is 14.5 Å². The number of nitrogens with zero attached hydrogens (tertiary/aromatic N) is 2. The second kappa shape index (κ2) is 9.41. The van der Waals surface area contributed by atoms with Crippen molar-refractivity contribution < 1.29 is 19.2 Å². The van der Waals surface area contributed by atoms with Gasteiger partial charge in [-0.25, -0.2) is 5.01 Å². The van der Waals surface area contributed by atoms with E-state index in [-0.39, 0.29) is 21.5 Å². The molecule has 1 saturated heterocycles. The van der Waals surface area contributed by atoms with E-state index >= 15 is 0 Å². The molecule has 0 spiro atoms. The lowest BCUT2D eigenvalue weighted by atomic mass is 9.78. The summed E-state index contributed by atoms with van der Waals surface area (Å²) in [5.41, 5.74) is 0.450. The number of amides is 3. The summed E-state index contributed by atoms with van der Waals surface area (Å²) in [4.78, 5) is 53.2. The van der Waals surface area contributed by atoms with Crippen molar-refractivity contribution in [3.63, 3.8) is 0 Å². The van der Waals surface area contributed by atoms with E-state index in [1.54, 1.807) is 24.3 Å². The Hall–Kier alpha value is -2.48. The highest BCUT2D eigenvalue weighted by molar-refractivity contribution is 9.10. The van der Waals surface area contributed by atoms with Gasteiger partial charge >= 0.3 is 0 Å². The molecule has 2 aromatic rings. The van der Waals surface area contributed by atoms with Gasteiger partial charge in [0.2, 0.25) is 0 Å². The third-order valence-electron chi connectivity index (χ3n) is 5.95. The summed E-state index contributed by atoms with van der Waals surface area (Å²) in [7, 11) is 0. The lowest BCUT2D eigenvalue weighted by Gasteiger charge is -2.30. The van der Waals surface area contributed by atoms with Crippen LogP contribution in [-0.2, 0) is 9.59 Å². The number of halogens is 3. The molecule has 2 aliphatic rings. The van der Waals surface area contributed by atoms with Crippen LogP contribution in [-0.4, -0.2) is 40.1 Å². The molecule has 9 heteroatoms. The summed E-state index contributed by atoms with van der Waals surface area (Å²) in [5.74, 6) is -3.39. The van der Waals surface area contributed by atoms with Crippen LogP contribution >= 0.6 is 39.1 Å². The normalized spacial score (nSPS) is 21.8. The zero-order chi connectivity index (χ0) is 23.9. The molecule has 0 N–H and O–H groups in total. The van der Waals surface area contributed by atoms with Gasteiger partial charge < -0.3 is 0 Å². The number of carbonyl (C=O) groups is 4. The Morgan fingerprint density at radius 1 is 1.03 bits per heavy atom. The van der Waals surface area contributed by atoms with Gasteiger partial charge in [-0.1, -0.05) is 70.3 Å². The zero-order valence-electron chi connectivity index (χ0n) is 17.5. The fourth-order valence-corrected chi connectivity index (χ4v) is 4.81. The molecule has 0 aromatic heterocycles. The van der Waals surface area contributed by atoms with Crippen LogP contribution in [0.3, 0.4) is 0 Å². The van der Waals surface area contributed by atoms with Crippen molar-refractivity contribution >= 4 is 62.6 Å². The first-order valence-electron chi connectivity index (χ1n) is 10.3. The van der Waals surface area contributed by atoms with Gasteiger partial charge in [0.05, 0.1) is 21.9 Å². The summed E-state index contributed by atoms with van der Waals surface area (Å²) >= 11 is 15.4. The number of hydrazine groups is 1. The second-order valence-corrected chi connectivity index (χ2v) is 9.80. The molecule has 3 amide bonds. The van der Waals surface area contributed by atoms with Crippen molar-refractivity contribution in [3.8, 4) is 0 Å². The Labute approximate surface area is 209 Å². The molecule has 3 atom stereocenters. The summed E-state index contributed by atoms with van der Waals surface area (Å²) in [6, 6.07) is 10.9. The molecular weight excluding hydrogens is 531 g/mol. The maximum absolute atomic E-state index is 13.5. The minimum Gasteiger partial charge on any atom is -0.292 e. The van der Waals surface area contributed by atoms with E-state index in [0.29, 0.717) is 12.0 Å². The monoisotopic (exact) mass is 548 g/mol. The fourth-order valence-electron chi connectivity index (χ4n) is 4.24. The number of benzene rings is 2. The molecule has 0 unspecified atom stereocenters. The summed E-state index contributed by atoms with van der Waals surface area (Å²) in [6.07, 6.45) is 4.18. The number of hydrogen-bond acceptors (Lipinski definition) is 4. The maximum atomic E-state index is 13.5. The Morgan fingerprint density at radius 2 is 1.70 bits per heavy atom. The van der Waals surface area contributed by atoms with Crippen LogP contribution in [0.1, 0.15) is 34.1 Å².